The Morgan fingerprint density at radius 1 is 1.10 bits per heavy atom. The van der Waals surface area contributed by atoms with Crippen molar-refractivity contribution in [2.24, 2.45) is 5.92 Å². The van der Waals surface area contributed by atoms with Gasteiger partial charge < -0.3 is 19.0 Å². The van der Waals surface area contributed by atoms with Crippen molar-refractivity contribution < 1.29 is 14.4 Å². The van der Waals surface area contributed by atoms with Gasteiger partial charge in [-0.15, -0.1) is 11.3 Å². The molecule has 1 unspecified atom stereocenters. The van der Waals surface area contributed by atoms with Crippen LogP contribution in [0.25, 0.3) is 20.5 Å². The molecule has 0 spiro atoms. The molecule has 3 aromatic heterocycles. The first kappa shape index (κ1) is 19.0. The molecule has 0 radical (unpaired) electrons. The normalized spacial score (nSPS) is 22.5. The number of quaternary nitrogens is 1. The quantitative estimate of drug-likeness (QED) is 0.520. The highest BCUT2D eigenvalue weighted by Gasteiger charge is 2.38. The summed E-state index contributed by atoms with van der Waals surface area (Å²) in [5.41, 5.74) is 2.15. The number of piperidine rings is 1. The van der Waals surface area contributed by atoms with Gasteiger partial charge in [-0.25, -0.2) is 0 Å². The largest absolute Gasteiger partial charge is 0.458 e. The molecule has 31 heavy (non-hydrogen) atoms. The summed E-state index contributed by atoms with van der Waals surface area (Å²) in [7, 11) is 0. The van der Waals surface area contributed by atoms with Gasteiger partial charge in [0.2, 0.25) is 0 Å². The van der Waals surface area contributed by atoms with E-state index in [1.807, 2.05) is 34.9 Å². The maximum atomic E-state index is 13.5. The zero-order chi connectivity index (χ0) is 20.9. The van der Waals surface area contributed by atoms with Crippen molar-refractivity contribution in [2.75, 3.05) is 13.1 Å². The van der Waals surface area contributed by atoms with E-state index >= 15 is 0 Å². The molecule has 2 bridgehead atoms. The van der Waals surface area contributed by atoms with E-state index in [-0.39, 0.29) is 12.2 Å². The Hall–Kier alpha value is -2.67. The summed E-state index contributed by atoms with van der Waals surface area (Å²) in [4.78, 5) is 16.0. The first-order valence-electron chi connectivity index (χ1n) is 10.9. The molecular weight excluding hydrogens is 408 g/mol. The van der Waals surface area contributed by atoms with Crippen LogP contribution < -0.4 is 10.5 Å². The van der Waals surface area contributed by atoms with Gasteiger partial charge in [0.15, 0.2) is 5.76 Å². The monoisotopic (exact) mass is 433 g/mol. The van der Waals surface area contributed by atoms with Gasteiger partial charge in [0.25, 0.3) is 5.56 Å². The maximum absolute atomic E-state index is 13.5. The van der Waals surface area contributed by atoms with E-state index in [0.717, 1.165) is 48.8 Å². The number of benzene rings is 1. The van der Waals surface area contributed by atoms with Crippen LogP contribution in [0.15, 0.2) is 63.8 Å². The first-order valence-corrected chi connectivity index (χ1v) is 11.7. The molecule has 0 aliphatic carbocycles. The summed E-state index contributed by atoms with van der Waals surface area (Å²) in [5, 5.41) is 10.4. The molecule has 5 heterocycles. The van der Waals surface area contributed by atoms with Crippen LogP contribution in [0.4, 0.5) is 0 Å². The minimum Gasteiger partial charge on any atom is -0.458 e. The van der Waals surface area contributed by atoms with Gasteiger partial charge in [-0.05, 0) is 48.2 Å². The fraction of sp³-hybridized carbons (Fsp3) is 0.320. The van der Waals surface area contributed by atoms with Crippen LogP contribution >= 0.6 is 11.3 Å². The van der Waals surface area contributed by atoms with Gasteiger partial charge in [-0.1, -0.05) is 18.2 Å². The number of thiophene rings is 1. The second-order valence-corrected chi connectivity index (χ2v) is 9.98. The molecular formula is C25H25N2O3S+. The number of pyridine rings is 1. The Labute approximate surface area is 184 Å². The average Bonchev–Trinajstić information content (AvgIpc) is 3.41. The van der Waals surface area contributed by atoms with Gasteiger partial charge >= 0.3 is 0 Å². The lowest BCUT2D eigenvalue weighted by molar-refractivity contribution is -0.925. The molecule has 2 aliphatic heterocycles. The Balaban J connectivity index is 1.29. The molecule has 1 aromatic carbocycles. The Kier molecular flexibility index (Phi) is 4.60. The highest BCUT2D eigenvalue weighted by Crippen LogP contribution is 2.35. The molecule has 5 nitrogen and oxygen atoms in total. The number of hydrogen-bond acceptors (Lipinski definition) is 4. The highest BCUT2D eigenvalue weighted by molar-refractivity contribution is 7.22. The average molecular weight is 434 g/mol. The third-order valence-corrected chi connectivity index (χ3v) is 7.94. The van der Waals surface area contributed by atoms with Gasteiger partial charge in [-0.3, -0.25) is 4.79 Å². The Bertz CT molecular complexity index is 1280. The second-order valence-electron chi connectivity index (χ2n) is 8.90. The van der Waals surface area contributed by atoms with Crippen LogP contribution in [0.2, 0.25) is 0 Å². The minimum absolute atomic E-state index is 0.0565. The molecule has 6 heteroatoms. The van der Waals surface area contributed by atoms with Crippen LogP contribution in [-0.4, -0.2) is 22.8 Å². The zero-order valence-corrected chi connectivity index (χ0v) is 18.0. The lowest BCUT2D eigenvalue weighted by Gasteiger charge is -2.40. The molecule has 1 saturated heterocycles. The topological polar surface area (TPSA) is 59.8 Å². The molecule has 0 amide bonds. The minimum atomic E-state index is -0.0565. The molecule has 0 saturated carbocycles. The molecule has 6 rings (SSSR count). The second kappa shape index (κ2) is 7.48. The lowest BCUT2D eigenvalue weighted by Crippen LogP contribution is -3.13. The summed E-state index contributed by atoms with van der Waals surface area (Å²) in [5.74, 6) is 2.46. The van der Waals surface area contributed by atoms with Crippen molar-refractivity contribution in [1.82, 2.24) is 4.57 Å². The summed E-state index contributed by atoms with van der Waals surface area (Å²) in [6.45, 7) is 3.63. The van der Waals surface area contributed by atoms with Crippen molar-refractivity contribution in [3.05, 3.63) is 82.2 Å². The molecule has 2 aliphatic rings. The third-order valence-electron chi connectivity index (χ3n) is 6.79. The van der Waals surface area contributed by atoms with Crippen molar-refractivity contribution in [3.8, 4) is 10.4 Å². The third kappa shape index (κ3) is 3.35. The number of aromatic nitrogens is 1. The van der Waals surface area contributed by atoms with Gasteiger partial charge in [0.05, 0.1) is 18.7 Å². The van der Waals surface area contributed by atoms with E-state index in [1.54, 1.807) is 11.3 Å². The first-order chi connectivity index (χ1) is 15.2. The SMILES string of the molecule is O=c1c(-c2cc3ccccc3s2)ccc2n1C[C@H]1C[C@@H]2C[NH+](Cc2ccc(CO)o2)C1. The van der Waals surface area contributed by atoms with E-state index in [0.29, 0.717) is 17.6 Å². The molecule has 2 N–H and O–H groups in total. The maximum Gasteiger partial charge on any atom is 0.259 e. The number of aliphatic hydroxyl groups is 1. The summed E-state index contributed by atoms with van der Waals surface area (Å²) >= 11 is 1.70. The molecule has 4 aromatic rings. The summed E-state index contributed by atoms with van der Waals surface area (Å²) in [6, 6.07) is 18.5. The van der Waals surface area contributed by atoms with Crippen molar-refractivity contribution in [1.29, 1.82) is 0 Å². The summed E-state index contributed by atoms with van der Waals surface area (Å²) < 4.78 is 8.98. The Morgan fingerprint density at radius 3 is 2.81 bits per heavy atom. The fourth-order valence-electron chi connectivity index (χ4n) is 5.46. The van der Waals surface area contributed by atoms with Gasteiger partial charge in [-0.2, -0.15) is 0 Å². The smallest absolute Gasteiger partial charge is 0.259 e. The van der Waals surface area contributed by atoms with Crippen molar-refractivity contribution in [3.63, 3.8) is 0 Å². The molecule has 3 atom stereocenters. The number of fused-ring (bicyclic) bond motifs is 5. The van der Waals surface area contributed by atoms with Gasteiger partial charge in [0, 0.05) is 33.7 Å². The molecule has 1 fully saturated rings. The van der Waals surface area contributed by atoms with E-state index in [2.05, 4.69) is 24.3 Å². The molecule has 158 valence electrons. The number of furan rings is 1. The van der Waals surface area contributed by atoms with E-state index in [9.17, 15) is 9.90 Å². The van der Waals surface area contributed by atoms with Crippen LogP contribution in [0.3, 0.4) is 0 Å². The fourth-order valence-corrected chi connectivity index (χ4v) is 6.54. The summed E-state index contributed by atoms with van der Waals surface area (Å²) in [6.07, 6.45) is 1.16. The number of aliphatic hydroxyl groups excluding tert-OH is 1. The number of rotatable bonds is 4. The van der Waals surface area contributed by atoms with Crippen molar-refractivity contribution >= 4 is 21.4 Å². The predicted molar refractivity (Wildman–Crippen MR) is 121 cm³/mol. The lowest BCUT2D eigenvalue weighted by atomic mass is 9.83. The Morgan fingerprint density at radius 2 is 1.97 bits per heavy atom. The number of nitrogens with one attached hydrogen (secondary N) is 1. The highest BCUT2D eigenvalue weighted by atomic mass is 32.1. The standard InChI is InChI=1S/C25H24N2O3S/c28-15-20-6-5-19(30-20)14-26-11-16-9-18(13-26)22-8-7-21(25(29)27(22)12-16)24-10-17-3-1-2-4-23(17)31-24/h1-8,10,16,18,28H,9,11-15H2/p+1/t16-,18+/m0/s1. The number of likely N-dealkylation sites (tertiary alicyclic amines) is 1. The van der Waals surface area contributed by atoms with Crippen LogP contribution in [-0.2, 0) is 19.7 Å². The van der Waals surface area contributed by atoms with E-state index < -0.39 is 0 Å². The predicted octanol–water partition coefficient (Wildman–Crippen LogP) is 3.02. The number of hydrogen-bond donors (Lipinski definition) is 2. The van der Waals surface area contributed by atoms with Crippen LogP contribution in [0.5, 0.6) is 0 Å². The van der Waals surface area contributed by atoms with Crippen LogP contribution in [0.1, 0.15) is 29.6 Å². The van der Waals surface area contributed by atoms with Crippen molar-refractivity contribution in [2.45, 2.75) is 32.0 Å². The van der Waals surface area contributed by atoms with Crippen LogP contribution in [0, 0.1) is 5.92 Å². The van der Waals surface area contributed by atoms with E-state index in [1.165, 1.54) is 20.7 Å². The van der Waals surface area contributed by atoms with Gasteiger partial charge in [0.1, 0.15) is 18.9 Å². The zero-order valence-electron chi connectivity index (χ0n) is 17.2. The number of nitrogens with zero attached hydrogens (tertiary/aromatic N) is 1. The van der Waals surface area contributed by atoms with E-state index in [4.69, 9.17) is 4.42 Å².